The lowest BCUT2D eigenvalue weighted by Gasteiger charge is -2.20. The van der Waals surface area contributed by atoms with Crippen molar-refractivity contribution in [2.24, 2.45) is 5.73 Å². The van der Waals surface area contributed by atoms with Crippen LogP contribution >= 0.6 is 0 Å². The summed E-state index contributed by atoms with van der Waals surface area (Å²) in [7, 11) is -4.48. The van der Waals surface area contributed by atoms with Gasteiger partial charge in [-0.05, 0) is 55.2 Å². The predicted octanol–water partition coefficient (Wildman–Crippen LogP) is 3.54. The van der Waals surface area contributed by atoms with Crippen LogP contribution in [0, 0.1) is 0 Å². The highest BCUT2D eigenvalue weighted by Gasteiger charge is 2.65. The van der Waals surface area contributed by atoms with Crippen molar-refractivity contribution in [1.82, 2.24) is 19.3 Å². The molecule has 0 saturated heterocycles. The minimum atomic E-state index is -4.70. The Morgan fingerprint density at radius 3 is 2.43 bits per heavy atom. The first-order valence-corrected chi connectivity index (χ1v) is 12.2. The third-order valence-corrected chi connectivity index (χ3v) is 7.74. The van der Waals surface area contributed by atoms with E-state index in [0.29, 0.717) is 23.1 Å². The van der Waals surface area contributed by atoms with Crippen LogP contribution < -0.4 is 10.5 Å². The Balaban J connectivity index is 1.62. The van der Waals surface area contributed by atoms with Gasteiger partial charge in [-0.3, -0.25) is 14.3 Å². The number of fused-ring (bicyclic) bond motifs is 1. The molecule has 0 unspecified atom stereocenters. The molecule has 3 N–H and O–H groups in total. The minimum Gasteiger partial charge on any atom is -0.366 e. The van der Waals surface area contributed by atoms with E-state index in [-0.39, 0.29) is 24.1 Å². The number of carbonyl (C=O) groups is 1. The van der Waals surface area contributed by atoms with Crippen LogP contribution in [-0.2, 0) is 16.4 Å². The fourth-order valence-corrected chi connectivity index (χ4v) is 5.43. The second kappa shape index (κ2) is 7.75. The monoisotopic (exact) mass is 503 g/mol. The van der Waals surface area contributed by atoms with Gasteiger partial charge in [-0.15, -0.1) is 0 Å². The van der Waals surface area contributed by atoms with Crippen molar-refractivity contribution < 1.29 is 26.4 Å². The quantitative estimate of drug-likeness (QED) is 0.511. The van der Waals surface area contributed by atoms with Crippen molar-refractivity contribution in [3.8, 4) is 11.4 Å². The van der Waals surface area contributed by atoms with Crippen molar-refractivity contribution in [2.75, 3.05) is 0 Å². The van der Waals surface area contributed by atoms with Gasteiger partial charge >= 0.3 is 6.18 Å². The maximum absolute atomic E-state index is 13.3. The Hall–Kier alpha value is -3.51. The molecule has 1 fully saturated rings. The summed E-state index contributed by atoms with van der Waals surface area (Å²) in [6, 6.07) is 4.31. The van der Waals surface area contributed by atoms with Crippen LogP contribution in [0.2, 0.25) is 0 Å². The summed E-state index contributed by atoms with van der Waals surface area (Å²) in [6.45, 7) is 1.95. The van der Waals surface area contributed by atoms with Gasteiger partial charge in [0.2, 0.25) is 10.0 Å². The number of aromatic nitrogens is 3. The van der Waals surface area contributed by atoms with Crippen molar-refractivity contribution in [3.63, 3.8) is 0 Å². The Bertz CT molecular complexity index is 1530. The predicted molar refractivity (Wildman–Crippen MR) is 123 cm³/mol. The van der Waals surface area contributed by atoms with Crippen molar-refractivity contribution >= 4 is 32.7 Å². The van der Waals surface area contributed by atoms with Gasteiger partial charge in [0.1, 0.15) is 16.1 Å². The molecule has 0 aliphatic heterocycles. The molecule has 35 heavy (non-hydrogen) atoms. The number of aryl methyl sites for hydroxylation is 1. The zero-order chi connectivity index (χ0) is 25.2. The Kier molecular flexibility index (Phi) is 5.15. The molecule has 3 heterocycles. The highest BCUT2D eigenvalue weighted by molar-refractivity contribution is 7.89. The Morgan fingerprint density at radius 1 is 1.23 bits per heavy atom. The first-order valence-electron chi connectivity index (χ1n) is 10.8. The van der Waals surface area contributed by atoms with E-state index in [1.54, 1.807) is 33.7 Å². The van der Waals surface area contributed by atoms with E-state index in [4.69, 9.17) is 5.73 Å². The number of allylic oxidation sites excluding steroid dienone is 4. The third-order valence-electron chi connectivity index (χ3n) is 6.22. The number of alkyl halides is 3. The van der Waals surface area contributed by atoms with Crippen LogP contribution in [0.5, 0.6) is 0 Å². The number of halogens is 3. The van der Waals surface area contributed by atoms with Gasteiger partial charge in [0.15, 0.2) is 0 Å². The molecule has 0 bridgehead atoms. The van der Waals surface area contributed by atoms with Crippen LogP contribution in [-0.4, -0.2) is 40.6 Å². The molecule has 2 aliphatic rings. The van der Waals surface area contributed by atoms with Crippen molar-refractivity contribution in [3.05, 3.63) is 59.9 Å². The van der Waals surface area contributed by atoms with E-state index in [1.807, 2.05) is 13.0 Å². The summed E-state index contributed by atoms with van der Waals surface area (Å²) in [5, 5.41) is 0.522. The van der Waals surface area contributed by atoms with Crippen molar-refractivity contribution in [2.45, 2.75) is 42.8 Å². The summed E-state index contributed by atoms with van der Waals surface area (Å²) in [5.74, 6) is -0.719. The molecular weight excluding hydrogens is 483 g/mol. The number of carbonyl (C=O) groups excluding carboxylic acids is 1. The first kappa shape index (κ1) is 23.2. The molecule has 0 spiro atoms. The number of primary amides is 1. The summed E-state index contributed by atoms with van der Waals surface area (Å²) < 4.78 is 68.5. The molecule has 5 rings (SSSR count). The van der Waals surface area contributed by atoms with E-state index >= 15 is 0 Å². The molecule has 182 valence electrons. The lowest BCUT2D eigenvalue weighted by atomic mass is 10.1. The lowest BCUT2D eigenvalue weighted by molar-refractivity contribution is -0.160. The molecule has 3 aromatic rings. The molecule has 0 aromatic carbocycles. The number of amides is 1. The van der Waals surface area contributed by atoms with Crippen LogP contribution in [0.3, 0.4) is 0 Å². The molecule has 8 nitrogen and oxygen atoms in total. The van der Waals surface area contributed by atoms with Crippen LogP contribution in [0.1, 0.15) is 35.7 Å². The van der Waals surface area contributed by atoms with Crippen molar-refractivity contribution in [1.29, 1.82) is 0 Å². The highest BCUT2D eigenvalue weighted by atomic mass is 32.2. The summed E-state index contributed by atoms with van der Waals surface area (Å²) in [6.07, 6.45) is 3.42. The van der Waals surface area contributed by atoms with Crippen LogP contribution in [0.4, 0.5) is 13.2 Å². The smallest absolute Gasteiger partial charge is 0.366 e. The van der Waals surface area contributed by atoms with E-state index < -0.39 is 32.5 Å². The summed E-state index contributed by atoms with van der Waals surface area (Å²) in [5.41, 5.74) is 6.08. The molecule has 12 heteroatoms. The molecule has 1 saturated carbocycles. The van der Waals surface area contributed by atoms with E-state index in [1.165, 1.54) is 6.07 Å². The van der Waals surface area contributed by atoms with E-state index in [2.05, 4.69) is 9.97 Å². The van der Waals surface area contributed by atoms with Crippen LogP contribution in [0.15, 0.2) is 53.7 Å². The number of nitrogens with two attached hydrogens (primary N) is 1. The maximum atomic E-state index is 13.3. The van der Waals surface area contributed by atoms with Gasteiger partial charge in [0.25, 0.3) is 5.91 Å². The zero-order valence-corrected chi connectivity index (χ0v) is 19.2. The molecule has 2 aliphatic carbocycles. The van der Waals surface area contributed by atoms with Gasteiger partial charge in [0.05, 0.1) is 17.0 Å². The largest absolute Gasteiger partial charge is 0.407 e. The zero-order valence-electron chi connectivity index (χ0n) is 18.4. The molecule has 3 aromatic heterocycles. The Labute approximate surface area is 198 Å². The van der Waals surface area contributed by atoms with Gasteiger partial charge in [-0.25, -0.2) is 13.4 Å². The summed E-state index contributed by atoms with van der Waals surface area (Å²) in [4.78, 5) is 20.8. The summed E-state index contributed by atoms with van der Waals surface area (Å²) >= 11 is 0. The normalized spacial score (nSPS) is 16.7. The third kappa shape index (κ3) is 3.73. The van der Waals surface area contributed by atoms with Crippen LogP contribution in [0.25, 0.3) is 28.1 Å². The minimum absolute atomic E-state index is 0.166. The van der Waals surface area contributed by atoms with E-state index in [0.717, 1.165) is 23.5 Å². The second-order valence-electron chi connectivity index (χ2n) is 8.51. The van der Waals surface area contributed by atoms with Gasteiger partial charge in [-0.2, -0.15) is 17.9 Å². The molecular formula is C23H20F3N5O3S. The lowest BCUT2D eigenvalue weighted by Crippen LogP contribution is -2.47. The molecule has 0 radical (unpaired) electrons. The highest BCUT2D eigenvalue weighted by Crippen LogP contribution is 2.49. The number of sulfonamides is 1. The number of pyridine rings is 2. The fourth-order valence-electron chi connectivity index (χ4n) is 4.04. The molecule has 1 amide bonds. The maximum Gasteiger partial charge on any atom is 0.407 e. The SMILES string of the molecule is CCc1cnc2c(c1)c(C(N)=O)c(-c1ccc(S(=O)(=O)NC3(C(F)(F)F)CC3)cn1)n2C1=CC=C1. The number of hydrogen-bond acceptors (Lipinski definition) is 5. The number of nitrogens with zero attached hydrogens (tertiary/aromatic N) is 3. The average Bonchev–Trinajstić information content (AvgIpc) is 3.47. The Morgan fingerprint density at radius 2 is 1.94 bits per heavy atom. The van der Waals surface area contributed by atoms with E-state index in [9.17, 15) is 26.4 Å². The number of nitrogens with one attached hydrogen (secondary N) is 1. The molecule has 0 atom stereocenters. The topological polar surface area (TPSA) is 120 Å². The van der Waals surface area contributed by atoms with Gasteiger partial charge in [0, 0.05) is 23.5 Å². The average molecular weight is 504 g/mol. The van der Waals surface area contributed by atoms with Gasteiger partial charge in [-0.1, -0.05) is 13.0 Å². The van der Waals surface area contributed by atoms with Gasteiger partial charge < -0.3 is 5.73 Å². The fraction of sp³-hybridized carbons (Fsp3) is 0.261. The second-order valence-corrected chi connectivity index (χ2v) is 10.2. The standard InChI is InChI=1S/C23H20F3N5O3S/c1-2-13-10-16-18(20(27)32)19(31(14-4-3-5-14)21(16)29-11-13)17-7-6-15(12-28-17)35(33,34)30-22(8-9-22)23(24,25)26/h3-7,10-12,30H,2,8-9H2,1H3,(H2,27,32). The number of hydrogen-bond donors (Lipinski definition) is 2. The number of rotatable bonds is 7. The first-order chi connectivity index (χ1) is 16.5.